The van der Waals surface area contributed by atoms with E-state index in [1.54, 1.807) is 23.1 Å². The Labute approximate surface area is 117 Å². The van der Waals surface area contributed by atoms with Crippen LogP contribution in [0.1, 0.15) is 5.56 Å². The third kappa shape index (κ3) is 4.03. The molecule has 5 nitrogen and oxygen atoms in total. The number of nitrogens with zero attached hydrogens (tertiary/aromatic N) is 1. The van der Waals surface area contributed by atoms with E-state index in [4.69, 9.17) is 0 Å². The van der Waals surface area contributed by atoms with E-state index in [1.165, 1.54) is 6.07 Å². The molecule has 1 aliphatic heterocycles. The highest BCUT2D eigenvalue weighted by atomic mass is 19.1. The van der Waals surface area contributed by atoms with Crippen molar-refractivity contribution in [1.29, 1.82) is 0 Å². The summed E-state index contributed by atoms with van der Waals surface area (Å²) >= 11 is 0. The number of nitrogens with one attached hydrogen (secondary N) is 2. The molecule has 0 radical (unpaired) electrons. The second-order valence-electron chi connectivity index (χ2n) is 4.68. The summed E-state index contributed by atoms with van der Waals surface area (Å²) in [5.41, 5.74) is 0.333. The SMILES string of the molecule is O=C(Cc1ccccc1F)NCC(=O)N1CCNCC1. The van der Waals surface area contributed by atoms with E-state index in [1.807, 2.05) is 0 Å². The maximum absolute atomic E-state index is 13.4. The van der Waals surface area contributed by atoms with E-state index in [0.717, 1.165) is 13.1 Å². The van der Waals surface area contributed by atoms with E-state index in [0.29, 0.717) is 18.7 Å². The summed E-state index contributed by atoms with van der Waals surface area (Å²) in [5, 5.41) is 5.69. The molecule has 1 heterocycles. The number of carbonyl (C=O) groups excluding carboxylic acids is 2. The first kappa shape index (κ1) is 14.5. The number of rotatable bonds is 4. The monoisotopic (exact) mass is 279 g/mol. The van der Waals surface area contributed by atoms with Crippen molar-refractivity contribution in [3.05, 3.63) is 35.6 Å². The van der Waals surface area contributed by atoms with Gasteiger partial charge in [-0.3, -0.25) is 9.59 Å². The van der Waals surface area contributed by atoms with Gasteiger partial charge in [0, 0.05) is 26.2 Å². The minimum atomic E-state index is -0.406. The predicted octanol–water partition coefficient (Wildman–Crippen LogP) is -0.0838. The van der Waals surface area contributed by atoms with Crippen LogP contribution < -0.4 is 10.6 Å². The average molecular weight is 279 g/mol. The van der Waals surface area contributed by atoms with E-state index < -0.39 is 5.82 Å². The lowest BCUT2D eigenvalue weighted by molar-refractivity contribution is -0.133. The number of hydrogen-bond donors (Lipinski definition) is 2. The van der Waals surface area contributed by atoms with E-state index in [2.05, 4.69) is 10.6 Å². The molecule has 1 aliphatic rings. The molecule has 0 bridgehead atoms. The Kier molecular flexibility index (Phi) is 5.06. The van der Waals surface area contributed by atoms with Gasteiger partial charge in [-0.2, -0.15) is 0 Å². The van der Waals surface area contributed by atoms with Crippen molar-refractivity contribution in [2.45, 2.75) is 6.42 Å². The third-order valence-corrected chi connectivity index (χ3v) is 3.22. The smallest absolute Gasteiger partial charge is 0.242 e. The van der Waals surface area contributed by atoms with Gasteiger partial charge in [0.25, 0.3) is 0 Å². The Morgan fingerprint density at radius 2 is 1.95 bits per heavy atom. The van der Waals surface area contributed by atoms with E-state index in [9.17, 15) is 14.0 Å². The first-order valence-electron chi connectivity index (χ1n) is 6.65. The van der Waals surface area contributed by atoms with Gasteiger partial charge >= 0.3 is 0 Å². The summed E-state index contributed by atoms with van der Waals surface area (Å²) in [7, 11) is 0. The lowest BCUT2D eigenvalue weighted by Gasteiger charge is -2.27. The molecule has 0 atom stereocenters. The van der Waals surface area contributed by atoms with Crippen LogP contribution in [-0.4, -0.2) is 49.4 Å². The minimum Gasteiger partial charge on any atom is -0.347 e. The number of benzene rings is 1. The standard InChI is InChI=1S/C14H18FN3O2/c15-12-4-2-1-3-11(12)9-13(19)17-10-14(20)18-7-5-16-6-8-18/h1-4,16H,5-10H2,(H,17,19). The molecule has 1 saturated heterocycles. The number of halogens is 1. The van der Waals surface area contributed by atoms with Gasteiger partial charge in [-0.15, -0.1) is 0 Å². The molecule has 0 unspecified atom stereocenters. The lowest BCUT2D eigenvalue weighted by atomic mass is 10.1. The first-order valence-corrected chi connectivity index (χ1v) is 6.65. The molecule has 0 spiro atoms. The molecule has 1 fully saturated rings. The van der Waals surface area contributed by atoms with Crippen LogP contribution in [-0.2, 0) is 16.0 Å². The van der Waals surface area contributed by atoms with Crippen molar-refractivity contribution < 1.29 is 14.0 Å². The summed E-state index contributed by atoms with van der Waals surface area (Å²) in [6.45, 7) is 2.82. The van der Waals surface area contributed by atoms with Crippen molar-refractivity contribution in [2.75, 3.05) is 32.7 Å². The molecule has 2 N–H and O–H groups in total. The molecule has 0 aliphatic carbocycles. The van der Waals surface area contributed by atoms with Crippen LogP contribution in [0.3, 0.4) is 0 Å². The zero-order chi connectivity index (χ0) is 14.4. The van der Waals surface area contributed by atoms with Crippen molar-refractivity contribution in [3.63, 3.8) is 0 Å². The minimum absolute atomic E-state index is 0.0344. The first-order chi connectivity index (χ1) is 9.66. The highest BCUT2D eigenvalue weighted by Crippen LogP contribution is 2.06. The zero-order valence-electron chi connectivity index (χ0n) is 11.2. The lowest BCUT2D eigenvalue weighted by Crippen LogP contribution is -2.49. The zero-order valence-corrected chi connectivity index (χ0v) is 11.2. The fourth-order valence-electron chi connectivity index (χ4n) is 2.08. The summed E-state index contributed by atoms with van der Waals surface area (Å²) in [5.74, 6) is -0.858. The number of piperazine rings is 1. The molecule has 108 valence electrons. The van der Waals surface area contributed by atoms with Crippen LogP contribution in [0.5, 0.6) is 0 Å². The van der Waals surface area contributed by atoms with Gasteiger partial charge in [0.15, 0.2) is 0 Å². The van der Waals surface area contributed by atoms with Gasteiger partial charge in [0.2, 0.25) is 11.8 Å². The predicted molar refractivity (Wildman–Crippen MR) is 72.6 cm³/mol. The van der Waals surface area contributed by atoms with Crippen molar-refractivity contribution >= 4 is 11.8 Å². The van der Waals surface area contributed by atoms with Crippen molar-refractivity contribution in [3.8, 4) is 0 Å². The summed E-state index contributed by atoms with van der Waals surface area (Å²) in [4.78, 5) is 25.2. The fourth-order valence-corrected chi connectivity index (χ4v) is 2.08. The van der Waals surface area contributed by atoms with Crippen LogP contribution in [0, 0.1) is 5.82 Å². The second-order valence-corrected chi connectivity index (χ2v) is 4.68. The number of amides is 2. The van der Waals surface area contributed by atoms with Crippen LogP contribution in [0.25, 0.3) is 0 Å². The summed E-state index contributed by atoms with van der Waals surface area (Å²) in [6, 6.07) is 6.13. The van der Waals surface area contributed by atoms with Crippen molar-refractivity contribution in [1.82, 2.24) is 15.5 Å². The van der Waals surface area contributed by atoms with Gasteiger partial charge in [-0.05, 0) is 11.6 Å². The Morgan fingerprint density at radius 1 is 1.25 bits per heavy atom. The summed E-state index contributed by atoms with van der Waals surface area (Å²) < 4.78 is 13.4. The molecule has 2 amide bonds. The molecule has 6 heteroatoms. The number of hydrogen-bond acceptors (Lipinski definition) is 3. The Morgan fingerprint density at radius 3 is 2.65 bits per heavy atom. The molecular weight excluding hydrogens is 261 g/mol. The topological polar surface area (TPSA) is 61.4 Å². The van der Waals surface area contributed by atoms with Crippen LogP contribution in [0.15, 0.2) is 24.3 Å². The molecular formula is C14H18FN3O2. The fraction of sp³-hybridized carbons (Fsp3) is 0.429. The largest absolute Gasteiger partial charge is 0.347 e. The second kappa shape index (κ2) is 7.00. The molecule has 2 rings (SSSR count). The average Bonchev–Trinajstić information content (AvgIpc) is 2.48. The Bertz CT molecular complexity index is 487. The highest BCUT2D eigenvalue weighted by molar-refractivity contribution is 5.85. The molecule has 20 heavy (non-hydrogen) atoms. The molecule has 1 aromatic rings. The molecule has 1 aromatic carbocycles. The van der Waals surface area contributed by atoms with Gasteiger partial charge in [0.1, 0.15) is 5.82 Å². The van der Waals surface area contributed by atoms with Gasteiger partial charge in [-0.25, -0.2) is 4.39 Å². The van der Waals surface area contributed by atoms with Gasteiger partial charge in [-0.1, -0.05) is 18.2 Å². The Hall–Kier alpha value is -1.95. The third-order valence-electron chi connectivity index (χ3n) is 3.22. The van der Waals surface area contributed by atoms with Crippen LogP contribution in [0.4, 0.5) is 4.39 Å². The normalized spacial score (nSPS) is 14.9. The Balaban J connectivity index is 1.77. The van der Waals surface area contributed by atoms with Crippen molar-refractivity contribution in [2.24, 2.45) is 0 Å². The van der Waals surface area contributed by atoms with E-state index >= 15 is 0 Å². The maximum Gasteiger partial charge on any atom is 0.242 e. The summed E-state index contributed by atoms with van der Waals surface area (Å²) in [6.07, 6.45) is -0.0541. The van der Waals surface area contributed by atoms with Crippen LogP contribution in [0.2, 0.25) is 0 Å². The quantitative estimate of drug-likeness (QED) is 0.810. The molecule has 0 aromatic heterocycles. The highest BCUT2D eigenvalue weighted by Gasteiger charge is 2.16. The van der Waals surface area contributed by atoms with Crippen LogP contribution >= 0.6 is 0 Å². The van der Waals surface area contributed by atoms with Gasteiger partial charge in [0.05, 0.1) is 13.0 Å². The van der Waals surface area contributed by atoms with Gasteiger partial charge < -0.3 is 15.5 Å². The number of carbonyl (C=O) groups is 2. The van der Waals surface area contributed by atoms with E-state index in [-0.39, 0.29) is 24.8 Å². The maximum atomic E-state index is 13.4. The molecule has 0 saturated carbocycles.